The summed E-state index contributed by atoms with van der Waals surface area (Å²) in [7, 11) is 0. The lowest BCUT2D eigenvalue weighted by molar-refractivity contribution is -0.674. The maximum absolute atomic E-state index is 12.1. The van der Waals surface area contributed by atoms with Crippen molar-refractivity contribution in [3.8, 4) is 11.3 Å². The van der Waals surface area contributed by atoms with E-state index in [0.717, 1.165) is 32.6 Å². The van der Waals surface area contributed by atoms with Crippen LogP contribution < -0.4 is 4.85 Å². The van der Waals surface area contributed by atoms with E-state index in [1.165, 1.54) is 0 Å². The molecule has 0 unspecified atom stereocenters. The fourth-order valence-corrected chi connectivity index (χ4v) is 2.38. The summed E-state index contributed by atoms with van der Waals surface area (Å²) in [4.78, 5) is 0.755. The second-order valence-electron chi connectivity index (χ2n) is 4.43. The zero-order valence-corrected chi connectivity index (χ0v) is 10.7. The third-order valence-electron chi connectivity index (χ3n) is 3.30. The third kappa shape index (κ3) is 1.93. The summed E-state index contributed by atoms with van der Waals surface area (Å²) >= 11 is 0. The Kier molecular flexibility index (Phi) is 2.88. The molecule has 19 heavy (non-hydrogen) atoms. The molecule has 0 amide bonds. The van der Waals surface area contributed by atoms with E-state index in [0.29, 0.717) is 6.42 Å². The van der Waals surface area contributed by atoms with Gasteiger partial charge in [-0.15, -0.1) is 0 Å². The summed E-state index contributed by atoms with van der Waals surface area (Å²) in [5, 5.41) is 18.3. The van der Waals surface area contributed by atoms with Crippen LogP contribution in [0.2, 0.25) is 0 Å². The molecule has 3 nitrogen and oxygen atoms in total. The topological polar surface area (TPSA) is 39.8 Å². The number of nitrogens with zero attached hydrogens (tertiary/aromatic N) is 2. The summed E-state index contributed by atoms with van der Waals surface area (Å²) in [6, 6.07) is 17.7. The summed E-state index contributed by atoms with van der Waals surface area (Å²) in [5.41, 5.74) is 2.42. The molecule has 1 aromatic heterocycles. The molecule has 0 N–H and O–H groups in total. The SMILES string of the molecule is CCc1c2ccccc2c(-c2ccccc2)n[n+]1[O-]. The van der Waals surface area contributed by atoms with Crippen LogP contribution in [-0.2, 0) is 6.42 Å². The Morgan fingerprint density at radius 3 is 2.26 bits per heavy atom. The van der Waals surface area contributed by atoms with E-state index in [1.807, 2.05) is 61.5 Å². The molecule has 0 aliphatic carbocycles. The molecule has 0 aliphatic rings. The second kappa shape index (κ2) is 4.69. The van der Waals surface area contributed by atoms with Gasteiger partial charge in [0.05, 0.1) is 5.39 Å². The number of hydrogen-bond acceptors (Lipinski definition) is 2. The fraction of sp³-hybridized carbons (Fsp3) is 0.125. The van der Waals surface area contributed by atoms with Crippen LogP contribution in [0.15, 0.2) is 54.6 Å². The molecule has 3 rings (SSSR count). The number of fused-ring (bicyclic) bond motifs is 1. The highest BCUT2D eigenvalue weighted by Crippen LogP contribution is 2.26. The molecular formula is C16H14N2O. The van der Waals surface area contributed by atoms with Gasteiger partial charge in [-0.25, -0.2) is 0 Å². The monoisotopic (exact) mass is 250 g/mol. The molecule has 0 saturated carbocycles. The van der Waals surface area contributed by atoms with Gasteiger partial charge >= 0.3 is 0 Å². The lowest BCUT2D eigenvalue weighted by atomic mass is 10.0. The molecule has 0 spiro atoms. The Balaban J connectivity index is 2.38. The number of benzene rings is 2. The van der Waals surface area contributed by atoms with Crippen molar-refractivity contribution in [2.45, 2.75) is 13.3 Å². The van der Waals surface area contributed by atoms with Gasteiger partial charge in [0.25, 0.3) is 0 Å². The van der Waals surface area contributed by atoms with E-state index in [9.17, 15) is 5.21 Å². The molecule has 2 aromatic carbocycles. The standard InChI is InChI=1S/C16H14N2O/c1-2-15-13-10-6-7-11-14(13)16(17-18(15)19)12-8-4-3-5-9-12/h3-11H,2H2,1H3. The third-order valence-corrected chi connectivity index (χ3v) is 3.30. The number of aryl methyl sites for hydroxylation is 1. The molecule has 94 valence electrons. The van der Waals surface area contributed by atoms with Gasteiger partial charge < -0.3 is 5.21 Å². The minimum atomic E-state index is 0.673. The Morgan fingerprint density at radius 2 is 1.58 bits per heavy atom. The molecule has 3 heteroatoms. The first-order valence-corrected chi connectivity index (χ1v) is 6.38. The van der Waals surface area contributed by atoms with Crippen molar-refractivity contribution in [2.75, 3.05) is 0 Å². The highest BCUT2D eigenvalue weighted by atomic mass is 16.5. The lowest BCUT2D eigenvalue weighted by Crippen LogP contribution is -2.36. The summed E-state index contributed by atoms with van der Waals surface area (Å²) in [6.45, 7) is 1.97. The average Bonchev–Trinajstić information content (AvgIpc) is 2.47. The number of hydrogen-bond donors (Lipinski definition) is 0. The van der Waals surface area contributed by atoms with Crippen LogP contribution in [0.5, 0.6) is 0 Å². The van der Waals surface area contributed by atoms with E-state index in [4.69, 9.17) is 0 Å². The maximum Gasteiger partial charge on any atom is 0.229 e. The van der Waals surface area contributed by atoms with E-state index in [-0.39, 0.29) is 0 Å². The van der Waals surface area contributed by atoms with Crippen molar-refractivity contribution >= 4 is 10.8 Å². The van der Waals surface area contributed by atoms with Gasteiger partial charge in [0.1, 0.15) is 5.69 Å². The van der Waals surface area contributed by atoms with Crippen LogP contribution in [-0.4, -0.2) is 5.10 Å². The van der Waals surface area contributed by atoms with E-state index < -0.39 is 0 Å². The minimum Gasteiger partial charge on any atom is -0.594 e. The summed E-state index contributed by atoms with van der Waals surface area (Å²) < 4.78 is 0. The predicted molar refractivity (Wildman–Crippen MR) is 75.5 cm³/mol. The van der Waals surface area contributed by atoms with Crippen molar-refractivity contribution in [3.63, 3.8) is 0 Å². The first kappa shape index (κ1) is 11.7. The van der Waals surface area contributed by atoms with Gasteiger partial charge in [0.15, 0.2) is 0 Å². The number of rotatable bonds is 2. The van der Waals surface area contributed by atoms with Crippen LogP contribution in [0, 0.1) is 5.21 Å². The smallest absolute Gasteiger partial charge is 0.229 e. The summed E-state index contributed by atoms with van der Waals surface area (Å²) in [5.74, 6) is 0. The number of aromatic nitrogens is 2. The van der Waals surface area contributed by atoms with Crippen molar-refractivity contribution in [2.24, 2.45) is 0 Å². The highest BCUT2D eigenvalue weighted by Gasteiger charge is 2.16. The lowest BCUT2D eigenvalue weighted by Gasteiger charge is -2.08. The zero-order valence-electron chi connectivity index (χ0n) is 10.7. The van der Waals surface area contributed by atoms with Gasteiger partial charge in [0, 0.05) is 22.5 Å². The first-order valence-electron chi connectivity index (χ1n) is 6.38. The van der Waals surface area contributed by atoms with Gasteiger partial charge in [0.2, 0.25) is 5.69 Å². The fourth-order valence-electron chi connectivity index (χ4n) is 2.38. The summed E-state index contributed by atoms with van der Waals surface area (Å²) in [6.07, 6.45) is 0.673. The van der Waals surface area contributed by atoms with Crippen molar-refractivity contribution in [1.82, 2.24) is 5.10 Å². The zero-order chi connectivity index (χ0) is 13.2. The van der Waals surface area contributed by atoms with Crippen molar-refractivity contribution in [1.29, 1.82) is 0 Å². The molecule has 0 aliphatic heterocycles. The van der Waals surface area contributed by atoms with Gasteiger partial charge in [-0.05, 0) is 6.07 Å². The molecule has 0 fully saturated rings. The van der Waals surface area contributed by atoms with E-state index >= 15 is 0 Å². The van der Waals surface area contributed by atoms with Gasteiger partial charge in [-0.3, -0.25) is 0 Å². The largest absolute Gasteiger partial charge is 0.594 e. The van der Waals surface area contributed by atoms with Crippen LogP contribution in [0.3, 0.4) is 0 Å². The predicted octanol–water partition coefficient (Wildman–Crippen LogP) is 3.10. The average molecular weight is 250 g/mol. The Hall–Kier alpha value is -2.42. The second-order valence-corrected chi connectivity index (χ2v) is 4.43. The van der Waals surface area contributed by atoms with Gasteiger partial charge in [-0.2, -0.15) is 0 Å². The highest BCUT2D eigenvalue weighted by molar-refractivity contribution is 5.94. The van der Waals surface area contributed by atoms with Crippen molar-refractivity contribution in [3.05, 3.63) is 65.5 Å². The van der Waals surface area contributed by atoms with E-state index in [1.54, 1.807) is 0 Å². The maximum atomic E-state index is 12.1. The molecule has 0 bridgehead atoms. The van der Waals surface area contributed by atoms with E-state index in [2.05, 4.69) is 5.10 Å². The quantitative estimate of drug-likeness (QED) is 0.518. The van der Waals surface area contributed by atoms with Crippen molar-refractivity contribution < 1.29 is 4.85 Å². The minimum absolute atomic E-state index is 0.673. The normalized spacial score (nSPS) is 10.8. The molecule has 0 atom stereocenters. The Bertz CT molecular complexity index is 723. The molecule has 3 aromatic rings. The van der Waals surface area contributed by atoms with Gasteiger partial charge in [-0.1, -0.05) is 60.3 Å². The Morgan fingerprint density at radius 1 is 0.947 bits per heavy atom. The first-order chi connectivity index (χ1) is 9.31. The van der Waals surface area contributed by atoms with Crippen LogP contribution in [0.25, 0.3) is 22.0 Å². The molecule has 0 saturated heterocycles. The van der Waals surface area contributed by atoms with Crippen LogP contribution >= 0.6 is 0 Å². The molecule has 0 radical (unpaired) electrons. The van der Waals surface area contributed by atoms with Crippen LogP contribution in [0.1, 0.15) is 12.6 Å². The molecule has 1 heterocycles. The Labute approximate surface area is 111 Å². The van der Waals surface area contributed by atoms with Crippen LogP contribution in [0.4, 0.5) is 0 Å². The molecular weight excluding hydrogens is 236 g/mol.